The number of benzene rings is 1. The molecule has 0 saturated carbocycles. The summed E-state index contributed by atoms with van der Waals surface area (Å²) in [5.41, 5.74) is 1.29. The third-order valence-corrected chi connectivity index (χ3v) is 11.0. The largest absolute Gasteiger partial charge is 0.465 e. The Hall–Kier alpha value is -5.78. The minimum absolute atomic E-state index is 0.00197. The first-order valence-corrected chi connectivity index (χ1v) is 20.6. The van der Waals surface area contributed by atoms with Crippen LogP contribution in [0.1, 0.15) is 57.9 Å². The van der Waals surface area contributed by atoms with Gasteiger partial charge in [-0.3, -0.25) is 33.7 Å². The van der Waals surface area contributed by atoms with Crippen LogP contribution in [0.25, 0.3) is 0 Å². The zero-order valence-electron chi connectivity index (χ0n) is 35.0. The highest BCUT2D eigenvalue weighted by Crippen LogP contribution is 2.26. The van der Waals surface area contributed by atoms with E-state index in [0.717, 1.165) is 18.4 Å². The number of carbonyl (C=O) groups is 8. The fourth-order valence-corrected chi connectivity index (χ4v) is 7.90. The van der Waals surface area contributed by atoms with Crippen LogP contribution in [0.15, 0.2) is 54.3 Å². The summed E-state index contributed by atoms with van der Waals surface area (Å²) in [6, 6.07) is 1.21. The van der Waals surface area contributed by atoms with E-state index in [0.29, 0.717) is 12.1 Å². The molecule has 3 fully saturated rings. The lowest BCUT2D eigenvalue weighted by atomic mass is 10.0. The van der Waals surface area contributed by atoms with Gasteiger partial charge in [0.25, 0.3) is 0 Å². The highest BCUT2D eigenvalue weighted by Gasteiger charge is 2.45. The molecule has 1 aromatic carbocycles. The van der Waals surface area contributed by atoms with Crippen molar-refractivity contribution in [3.8, 4) is 0 Å². The lowest BCUT2D eigenvalue weighted by Gasteiger charge is -2.35. The zero-order valence-corrected chi connectivity index (χ0v) is 35.0. The number of hydrogen-bond acceptors (Lipinski definition) is 11. The van der Waals surface area contributed by atoms with Crippen molar-refractivity contribution in [3.63, 3.8) is 0 Å². The van der Waals surface area contributed by atoms with Gasteiger partial charge in [0.05, 0.1) is 13.2 Å². The molecule has 1 aromatic rings. The van der Waals surface area contributed by atoms with E-state index in [9.17, 15) is 38.4 Å². The molecule has 3 aliphatic heterocycles. The van der Waals surface area contributed by atoms with Crippen LogP contribution in [0.4, 0.5) is 4.79 Å². The van der Waals surface area contributed by atoms with E-state index in [2.05, 4.69) is 21.3 Å². The number of cyclic esters (lactones) is 1. The second kappa shape index (κ2) is 21.0. The first-order valence-electron chi connectivity index (χ1n) is 20.6. The van der Waals surface area contributed by atoms with Crippen LogP contribution in [0.2, 0.25) is 0 Å². The molecular formula is C42H58N8O10. The van der Waals surface area contributed by atoms with E-state index in [1.54, 1.807) is 49.3 Å². The van der Waals surface area contributed by atoms with Gasteiger partial charge in [0.2, 0.25) is 29.5 Å². The first-order chi connectivity index (χ1) is 28.6. The van der Waals surface area contributed by atoms with Gasteiger partial charge in [0.15, 0.2) is 0 Å². The maximum atomic E-state index is 14.6. The number of nitrogens with one attached hydrogen (secondary N) is 4. The van der Waals surface area contributed by atoms with Crippen LogP contribution in [-0.4, -0.2) is 157 Å². The molecule has 18 heteroatoms. The molecule has 4 N–H and O–H groups in total. The van der Waals surface area contributed by atoms with E-state index in [1.807, 2.05) is 25.1 Å². The summed E-state index contributed by atoms with van der Waals surface area (Å²) in [6.45, 7) is 2.82. The van der Waals surface area contributed by atoms with E-state index < -0.39 is 90.4 Å². The van der Waals surface area contributed by atoms with E-state index in [-0.39, 0.29) is 57.8 Å². The van der Waals surface area contributed by atoms with Crippen LogP contribution in [-0.2, 0) is 49.5 Å². The molecule has 5 rings (SSSR count). The van der Waals surface area contributed by atoms with Crippen molar-refractivity contribution in [2.45, 2.75) is 95.0 Å². The molecule has 60 heavy (non-hydrogen) atoms. The second-order valence-electron chi connectivity index (χ2n) is 16.2. The number of hydrogen-bond donors (Lipinski definition) is 4. The molecule has 7 amide bonds. The second-order valence-corrected chi connectivity index (χ2v) is 16.2. The summed E-state index contributed by atoms with van der Waals surface area (Å²) in [6.07, 6.45) is 7.96. The standard InChI is InChI=1S/C42H58N8O10/c1-26-21-34-41(57)60-25-31(45-36(52)30(22-28-13-8-6-9-14-28)46-42(58)44-29-15-10-7-11-16-29)39(55)49-19-12-17-33(49)40(56)48(5)32(18-20-59-35(51)24-47(3)4)37(53)43-27(2)38(54)50(34)23-26/h6,8-10,13-16,26-27,30-34H,7,11-12,17-25H2,1-5H3,(H,43,53)(H,45,52)(H2,44,46,58)/t26-,27-,30-,31-,32-,33-,34-/m0/s1. The fraction of sp³-hybridized carbons (Fsp3) is 0.571. The van der Waals surface area contributed by atoms with Gasteiger partial charge >= 0.3 is 18.0 Å². The molecule has 0 spiro atoms. The number of amides is 7. The van der Waals surface area contributed by atoms with Crippen LogP contribution < -0.4 is 21.3 Å². The predicted molar refractivity (Wildman–Crippen MR) is 217 cm³/mol. The fourth-order valence-electron chi connectivity index (χ4n) is 7.90. The summed E-state index contributed by atoms with van der Waals surface area (Å²) < 4.78 is 11.1. The molecule has 4 aliphatic rings. The van der Waals surface area contributed by atoms with Crippen molar-refractivity contribution < 1.29 is 47.8 Å². The Morgan fingerprint density at radius 1 is 0.983 bits per heavy atom. The Morgan fingerprint density at radius 2 is 1.73 bits per heavy atom. The van der Waals surface area contributed by atoms with Crippen molar-refractivity contribution in [3.05, 3.63) is 59.8 Å². The number of nitrogens with zero attached hydrogens (tertiary/aromatic N) is 4. The normalized spacial score (nSPS) is 25.8. The summed E-state index contributed by atoms with van der Waals surface area (Å²) in [5, 5.41) is 10.9. The van der Waals surface area contributed by atoms with Gasteiger partial charge in [0.1, 0.15) is 42.9 Å². The van der Waals surface area contributed by atoms with Crippen molar-refractivity contribution in [1.82, 2.24) is 40.9 Å². The molecule has 7 atom stereocenters. The van der Waals surface area contributed by atoms with Crippen LogP contribution in [0.3, 0.4) is 0 Å². The molecule has 326 valence electrons. The van der Waals surface area contributed by atoms with Crippen molar-refractivity contribution >= 4 is 47.5 Å². The highest BCUT2D eigenvalue weighted by molar-refractivity contribution is 5.97. The molecule has 0 unspecified atom stereocenters. The molecule has 0 radical (unpaired) electrons. The van der Waals surface area contributed by atoms with Gasteiger partial charge in [0, 0.05) is 38.7 Å². The Balaban J connectivity index is 1.45. The molecule has 1 aliphatic carbocycles. The quantitative estimate of drug-likeness (QED) is 0.222. The number of fused-ring (bicyclic) bond motifs is 2. The average Bonchev–Trinajstić information content (AvgIpc) is 3.87. The van der Waals surface area contributed by atoms with Crippen LogP contribution in [0, 0.1) is 5.92 Å². The van der Waals surface area contributed by atoms with Crippen molar-refractivity contribution in [1.29, 1.82) is 0 Å². The number of likely N-dealkylation sites (N-methyl/N-ethyl adjacent to an activating group) is 2. The molecule has 3 saturated heterocycles. The van der Waals surface area contributed by atoms with Crippen molar-refractivity contribution in [2.75, 3.05) is 54.0 Å². The molecule has 3 heterocycles. The predicted octanol–water partition coefficient (Wildman–Crippen LogP) is 0.227. The monoisotopic (exact) mass is 834 g/mol. The van der Waals surface area contributed by atoms with Crippen molar-refractivity contribution in [2.24, 2.45) is 5.92 Å². The summed E-state index contributed by atoms with van der Waals surface area (Å²) in [7, 11) is 4.81. The van der Waals surface area contributed by atoms with E-state index >= 15 is 0 Å². The van der Waals surface area contributed by atoms with Crippen LogP contribution >= 0.6 is 0 Å². The number of esters is 2. The SMILES string of the molecule is C[C@H]1C[C@H]2C(=O)OC[C@H](NC(=O)[C@H](Cc3ccccc3)NC(=O)NC3=CCCC=C3)C(=O)N3CCC[C@H]3C(=O)N(C)[C@@H](CCOC(=O)CN(C)C)C(=O)N[C@@H](C)C(=O)N2C1. The summed E-state index contributed by atoms with van der Waals surface area (Å²) >= 11 is 0. The Labute approximate surface area is 350 Å². The average molecular weight is 835 g/mol. The molecule has 18 nitrogen and oxygen atoms in total. The zero-order chi connectivity index (χ0) is 43.5. The molecular weight excluding hydrogens is 777 g/mol. The van der Waals surface area contributed by atoms with Gasteiger partial charge in [-0.25, -0.2) is 9.59 Å². The topological polar surface area (TPSA) is 216 Å². The Kier molecular flexibility index (Phi) is 15.8. The first kappa shape index (κ1) is 45.3. The number of rotatable bonds is 11. The van der Waals surface area contributed by atoms with Gasteiger partial charge in [-0.2, -0.15) is 0 Å². The third kappa shape index (κ3) is 11.9. The van der Waals surface area contributed by atoms with Gasteiger partial charge in [-0.15, -0.1) is 0 Å². The Bertz CT molecular complexity index is 1840. The minimum atomic E-state index is -1.50. The highest BCUT2D eigenvalue weighted by atomic mass is 16.5. The van der Waals surface area contributed by atoms with E-state index in [4.69, 9.17) is 9.47 Å². The maximum absolute atomic E-state index is 14.6. The van der Waals surface area contributed by atoms with Gasteiger partial charge < -0.3 is 45.4 Å². The Morgan fingerprint density at radius 3 is 2.43 bits per heavy atom. The maximum Gasteiger partial charge on any atom is 0.328 e. The van der Waals surface area contributed by atoms with E-state index in [1.165, 1.54) is 28.7 Å². The summed E-state index contributed by atoms with van der Waals surface area (Å²) in [4.78, 5) is 116. The molecule has 0 aromatic heterocycles. The number of ether oxygens (including phenoxy) is 2. The number of urea groups is 1. The molecule has 0 bridgehead atoms. The van der Waals surface area contributed by atoms with Gasteiger partial charge in [-0.1, -0.05) is 49.4 Å². The summed E-state index contributed by atoms with van der Waals surface area (Å²) in [5.74, 6) is -4.73. The lowest BCUT2D eigenvalue weighted by molar-refractivity contribution is -0.158. The third-order valence-electron chi connectivity index (χ3n) is 11.0. The number of allylic oxidation sites excluding steroid dienone is 3. The number of carbonyl (C=O) groups excluding carboxylic acids is 8. The van der Waals surface area contributed by atoms with Crippen LogP contribution in [0.5, 0.6) is 0 Å². The minimum Gasteiger partial charge on any atom is -0.465 e. The smallest absolute Gasteiger partial charge is 0.328 e. The van der Waals surface area contributed by atoms with Gasteiger partial charge in [-0.05, 0) is 70.7 Å². The lowest BCUT2D eigenvalue weighted by Crippen LogP contribution is -2.61.